The first-order valence-corrected chi connectivity index (χ1v) is 8.25. The summed E-state index contributed by atoms with van der Waals surface area (Å²) in [5.41, 5.74) is 1.47. The predicted octanol–water partition coefficient (Wildman–Crippen LogP) is 3.89. The van der Waals surface area contributed by atoms with Crippen molar-refractivity contribution in [2.75, 3.05) is 0 Å². The Labute approximate surface area is 167 Å². The van der Waals surface area contributed by atoms with Crippen LogP contribution in [0.5, 0.6) is 0 Å². The summed E-state index contributed by atoms with van der Waals surface area (Å²) in [6.45, 7) is 0. The highest BCUT2D eigenvalue weighted by atomic mass is 79.9. The molecule has 0 aliphatic rings. The molecule has 0 spiro atoms. The molecule has 4 nitrogen and oxygen atoms in total. The molecule has 2 rings (SSSR count). The van der Waals surface area contributed by atoms with E-state index in [-0.39, 0.29) is 0 Å². The zero-order valence-corrected chi connectivity index (χ0v) is 16.1. The number of nitroso groups, excluding NO2 is 1. The van der Waals surface area contributed by atoms with Gasteiger partial charge in [-0.05, 0) is 56.6 Å². The maximum Gasteiger partial charge on any atom is 0.152 e. The number of halogens is 2. The molecular formula is C20H6Br2N2O2. The minimum Gasteiger partial charge on any atom is -0.298 e. The van der Waals surface area contributed by atoms with Crippen molar-refractivity contribution in [1.29, 1.82) is 0 Å². The molecule has 6 heteroatoms. The van der Waals surface area contributed by atoms with E-state index in [4.69, 9.17) is 0 Å². The van der Waals surface area contributed by atoms with Crippen LogP contribution < -0.4 is 0 Å². The van der Waals surface area contributed by atoms with Gasteiger partial charge < -0.3 is 0 Å². The number of hydrogen-bond acceptors (Lipinski definition) is 4. The highest BCUT2D eigenvalue weighted by Crippen LogP contribution is 2.19. The van der Waals surface area contributed by atoms with Crippen LogP contribution in [0, 0.1) is 63.1 Å². The Kier molecular flexibility index (Phi) is 10.4. The van der Waals surface area contributed by atoms with E-state index in [1.807, 2.05) is 36.4 Å². The van der Waals surface area contributed by atoms with Crippen molar-refractivity contribution < 1.29 is 4.79 Å². The van der Waals surface area contributed by atoms with E-state index in [1.54, 1.807) is 0 Å². The number of fused-ring (bicyclic) bond motifs is 1. The number of rotatable bonds is 1. The minimum atomic E-state index is 0.582. The number of nitrogens with zero attached hydrogens (tertiary/aromatic N) is 2. The van der Waals surface area contributed by atoms with Crippen LogP contribution in [-0.2, 0) is 0 Å². The monoisotopic (exact) mass is 464 g/mol. The lowest BCUT2D eigenvalue weighted by Crippen LogP contribution is -1.87. The topological polar surface area (TPSA) is 59.4 Å². The molecule has 0 saturated carbocycles. The zero-order chi connectivity index (χ0) is 19.0. The van der Waals surface area contributed by atoms with Crippen LogP contribution in [0.3, 0.4) is 0 Å². The lowest BCUT2D eigenvalue weighted by atomic mass is 10.2. The van der Waals surface area contributed by atoms with Crippen molar-refractivity contribution in [2.24, 2.45) is 5.18 Å². The van der Waals surface area contributed by atoms with Crippen molar-refractivity contribution in [3.05, 3.63) is 45.4 Å². The molecule has 0 atom stereocenters. The van der Waals surface area contributed by atoms with Gasteiger partial charge >= 0.3 is 0 Å². The SMILES string of the molecule is O=Cc1cc2ccccc2nc1Br.O=NC#CC#CC#CC#CC#CBr. The molecule has 1 aromatic carbocycles. The molecule has 1 heterocycles. The number of hydrogen-bond donors (Lipinski definition) is 0. The van der Waals surface area contributed by atoms with Gasteiger partial charge in [0, 0.05) is 55.7 Å². The second-order valence-electron chi connectivity index (χ2n) is 3.98. The first-order valence-electron chi connectivity index (χ1n) is 6.66. The predicted molar refractivity (Wildman–Crippen MR) is 108 cm³/mol. The molecule has 26 heavy (non-hydrogen) atoms. The lowest BCUT2D eigenvalue weighted by molar-refractivity contribution is 0.112. The molecule has 122 valence electrons. The maximum absolute atomic E-state index is 10.6. The second kappa shape index (κ2) is 13.0. The molecular weight excluding hydrogens is 460 g/mol. The summed E-state index contributed by atoms with van der Waals surface area (Å²) in [6.07, 6.45) is 0.795. The molecule has 0 amide bonds. The van der Waals surface area contributed by atoms with Crippen molar-refractivity contribution >= 4 is 49.0 Å². The second-order valence-corrected chi connectivity index (χ2v) is 5.12. The average Bonchev–Trinajstić information content (AvgIpc) is 2.66. The Bertz CT molecular complexity index is 1130. The summed E-state index contributed by atoms with van der Waals surface area (Å²) in [5, 5.41) is 3.26. The Balaban J connectivity index is 0.000000260. The van der Waals surface area contributed by atoms with Gasteiger partial charge in [0.2, 0.25) is 0 Å². The molecule has 2 aromatic rings. The van der Waals surface area contributed by atoms with Crippen LogP contribution in [0.25, 0.3) is 10.9 Å². The van der Waals surface area contributed by atoms with E-state index >= 15 is 0 Å². The van der Waals surface area contributed by atoms with Crippen molar-refractivity contribution in [2.45, 2.75) is 0 Å². The van der Waals surface area contributed by atoms with Crippen LogP contribution in [0.4, 0.5) is 0 Å². The molecule has 0 saturated heterocycles. The number of pyridine rings is 1. The number of aldehydes is 1. The third-order valence-corrected chi connectivity index (χ3v) is 3.25. The molecule has 0 N–H and O–H groups in total. The minimum absolute atomic E-state index is 0.582. The molecule has 0 bridgehead atoms. The van der Waals surface area contributed by atoms with Crippen molar-refractivity contribution in [3.63, 3.8) is 0 Å². The number of benzene rings is 1. The number of aromatic nitrogens is 1. The fraction of sp³-hybridized carbons (Fsp3) is 0. The molecule has 1 aromatic heterocycles. The Morgan fingerprint density at radius 3 is 2.19 bits per heavy atom. The van der Waals surface area contributed by atoms with Crippen LogP contribution in [0.2, 0.25) is 0 Å². The van der Waals surface area contributed by atoms with Crippen LogP contribution in [-0.4, -0.2) is 11.3 Å². The Morgan fingerprint density at radius 1 is 0.962 bits per heavy atom. The largest absolute Gasteiger partial charge is 0.298 e. The van der Waals surface area contributed by atoms with Crippen LogP contribution >= 0.6 is 31.9 Å². The van der Waals surface area contributed by atoms with Gasteiger partial charge in [-0.2, -0.15) is 0 Å². The van der Waals surface area contributed by atoms with Gasteiger partial charge in [0.05, 0.1) is 11.6 Å². The van der Waals surface area contributed by atoms with Gasteiger partial charge in [-0.1, -0.05) is 18.2 Å². The highest BCUT2D eigenvalue weighted by Gasteiger charge is 2.01. The Morgan fingerprint density at radius 2 is 1.58 bits per heavy atom. The van der Waals surface area contributed by atoms with Crippen LogP contribution in [0.15, 0.2) is 40.1 Å². The van der Waals surface area contributed by atoms with Crippen LogP contribution in [0.1, 0.15) is 10.4 Å². The van der Waals surface area contributed by atoms with Gasteiger partial charge in [0.1, 0.15) is 4.60 Å². The van der Waals surface area contributed by atoms with Gasteiger partial charge in [-0.3, -0.25) is 4.79 Å². The third kappa shape index (κ3) is 7.97. The zero-order valence-electron chi connectivity index (χ0n) is 12.9. The molecule has 0 fully saturated rings. The number of carbonyl (C=O) groups is 1. The first kappa shape index (κ1) is 20.7. The highest BCUT2D eigenvalue weighted by molar-refractivity contribution is 9.12. The van der Waals surface area contributed by atoms with E-state index in [0.29, 0.717) is 10.2 Å². The summed E-state index contributed by atoms with van der Waals surface area (Å²) in [4.78, 5) is 26.7. The third-order valence-electron chi connectivity index (χ3n) is 2.42. The number of para-hydroxylation sites is 1. The molecule has 0 aliphatic heterocycles. The smallest absolute Gasteiger partial charge is 0.152 e. The quantitative estimate of drug-likeness (QED) is 0.278. The average molecular weight is 466 g/mol. The van der Waals surface area contributed by atoms with Gasteiger partial charge in [0.15, 0.2) is 6.29 Å². The summed E-state index contributed by atoms with van der Waals surface area (Å²) in [7, 11) is 0. The van der Waals surface area contributed by atoms with Crippen molar-refractivity contribution in [1.82, 2.24) is 4.98 Å². The maximum atomic E-state index is 10.6. The fourth-order valence-corrected chi connectivity index (χ4v) is 1.95. The van der Waals surface area contributed by atoms with E-state index < -0.39 is 0 Å². The summed E-state index contributed by atoms with van der Waals surface area (Å²) < 4.78 is 0.598. The fourth-order valence-electron chi connectivity index (χ4n) is 1.45. The molecule has 0 aliphatic carbocycles. The number of carbonyl (C=O) groups excluding carboxylic acids is 1. The van der Waals surface area contributed by atoms with E-state index in [2.05, 4.69) is 94.2 Å². The lowest BCUT2D eigenvalue weighted by Gasteiger charge is -1.99. The standard InChI is InChI=1S/C10H6BrNO.C10BrNO/c11-10-8(6-13)5-7-3-1-2-4-9(7)12-10;11-9-7-5-3-1-2-4-6-8-10-12-13/h1-6H;. The van der Waals surface area contributed by atoms with Gasteiger partial charge in [0.25, 0.3) is 0 Å². The van der Waals surface area contributed by atoms with Gasteiger partial charge in [-0.25, -0.2) is 4.98 Å². The molecule has 0 unspecified atom stereocenters. The summed E-state index contributed by atoms with van der Waals surface area (Å²) >= 11 is 6.10. The Hall–Kier alpha value is -3.34. The van der Waals surface area contributed by atoms with E-state index in [9.17, 15) is 9.70 Å². The normalized spacial score (nSPS) is 7.15. The van der Waals surface area contributed by atoms with Crippen molar-refractivity contribution in [3.8, 4) is 58.2 Å². The summed E-state index contributed by atoms with van der Waals surface area (Å²) in [6, 6.07) is 11.4. The van der Waals surface area contributed by atoms with Gasteiger partial charge in [-0.15, -0.1) is 4.91 Å². The van der Waals surface area contributed by atoms with E-state index in [0.717, 1.165) is 17.2 Å². The summed E-state index contributed by atoms with van der Waals surface area (Å²) in [5.74, 6) is 18.9. The van der Waals surface area contributed by atoms with E-state index in [1.165, 1.54) is 0 Å². The molecule has 0 radical (unpaired) electrons. The first-order chi connectivity index (χ1) is 12.7.